The number of rotatable bonds is 6. The summed E-state index contributed by atoms with van der Waals surface area (Å²) >= 11 is 3.52. The molecule has 0 bridgehead atoms. The minimum atomic E-state index is 0.0138. The zero-order valence-electron chi connectivity index (χ0n) is 13.1. The van der Waals surface area contributed by atoms with E-state index >= 15 is 0 Å². The lowest BCUT2D eigenvalue weighted by molar-refractivity contribution is -0.0864. The average molecular weight is 357 g/mol. The molecule has 1 unspecified atom stereocenters. The molecule has 1 fully saturated rings. The van der Waals surface area contributed by atoms with Crippen molar-refractivity contribution >= 4 is 27.7 Å². The highest BCUT2D eigenvalue weighted by atomic mass is 79.9. The van der Waals surface area contributed by atoms with Crippen LogP contribution in [0.3, 0.4) is 0 Å². The zero-order valence-corrected chi connectivity index (χ0v) is 14.7. The Hall–Kier alpha value is -0.880. The van der Waals surface area contributed by atoms with Crippen LogP contribution >= 0.6 is 15.9 Å². The second-order valence-corrected chi connectivity index (χ2v) is 6.35. The van der Waals surface area contributed by atoms with Crippen LogP contribution in [-0.4, -0.2) is 34.8 Å². The van der Waals surface area contributed by atoms with Gasteiger partial charge in [-0.15, -0.1) is 0 Å². The summed E-state index contributed by atoms with van der Waals surface area (Å²) in [4.78, 5) is 8.78. The van der Waals surface area contributed by atoms with E-state index in [4.69, 9.17) is 4.74 Å². The molecule has 0 radical (unpaired) electrons. The Morgan fingerprint density at radius 2 is 2.14 bits per heavy atom. The topological polar surface area (TPSA) is 59.1 Å². The van der Waals surface area contributed by atoms with Crippen LogP contribution in [0.2, 0.25) is 0 Å². The fourth-order valence-corrected chi connectivity index (χ4v) is 3.10. The van der Waals surface area contributed by atoms with Crippen molar-refractivity contribution in [2.75, 3.05) is 23.8 Å². The van der Waals surface area contributed by atoms with Crippen LogP contribution in [0.5, 0.6) is 0 Å². The summed E-state index contributed by atoms with van der Waals surface area (Å²) in [5.41, 5.74) is 0.0138. The molecule has 0 aromatic carbocycles. The van der Waals surface area contributed by atoms with Gasteiger partial charge in [0, 0.05) is 25.4 Å². The molecule has 0 aliphatic carbocycles. The highest BCUT2D eigenvalue weighted by molar-refractivity contribution is 9.10. The Kier molecular flexibility index (Phi) is 5.81. The molecule has 0 spiro atoms. The van der Waals surface area contributed by atoms with E-state index in [9.17, 15) is 0 Å². The first-order valence-corrected chi connectivity index (χ1v) is 8.58. The van der Waals surface area contributed by atoms with Crippen LogP contribution in [0.15, 0.2) is 10.7 Å². The first-order chi connectivity index (χ1) is 10.1. The SMILES string of the molecule is CCNc1ncc(Br)c(NC2CCOC(CC)(CC)C2)n1. The van der Waals surface area contributed by atoms with E-state index in [1.807, 2.05) is 6.92 Å². The third-order valence-corrected chi connectivity index (χ3v) is 4.78. The van der Waals surface area contributed by atoms with Crippen molar-refractivity contribution < 1.29 is 4.74 Å². The third-order valence-electron chi connectivity index (χ3n) is 4.20. The van der Waals surface area contributed by atoms with Crippen LogP contribution in [0.1, 0.15) is 46.5 Å². The Balaban J connectivity index is 2.08. The molecule has 0 saturated carbocycles. The molecule has 1 aromatic heterocycles. The molecular weight excluding hydrogens is 332 g/mol. The zero-order chi connectivity index (χ0) is 15.3. The first-order valence-electron chi connectivity index (χ1n) is 7.79. The van der Waals surface area contributed by atoms with Gasteiger partial charge in [-0.05, 0) is 48.5 Å². The van der Waals surface area contributed by atoms with Gasteiger partial charge in [0.1, 0.15) is 5.82 Å². The fourth-order valence-electron chi connectivity index (χ4n) is 2.80. The van der Waals surface area contributed by atoms with Crippen LogP contribution in [-0.2, 0) is 4.74 Å². The van der Waals surface area contributed by atoms with E-state index in [1.165, 1.54) is 0 Å². The number of hydrogen-bond donors (Lipinski definition) is 2. The number of hydrogen-bond acceptors (Lipinski definition) is 5. The summed E-state index contributed by atoms with van der Waals surface area (Å²) in [5.74, 6) is 1.52. The largest absolute Gasteiger partial charge is 0.375 e. The standard InChI is InChI=1S/C15H25BrN4O/c1-4-15(5-2)9-11(7-8-21-15)19-13-12(16)10-18-14(20-13)17-6-3/h10-11H,4-9H2,1-3H3,(H2,17,18,19,20). The molecule has 1 atom stereocenters. The first kappa shape index (κ1) is 16.5. The minimum Gasteiger partial charge on any atom is -0.375 e. The molecule has 2 heterocycles. The van der Waals surface area contributed by atoms with Crippen molar-refractivity contribution in [3.63, 3.8) is 0 Å². The molecule has 6 heteroatoms. The van der Waals surface area contributed by atoms with Gasteiger partial charge in [-0.2, -0.15) is 4.98 Å². The molecule has 118 valence electrons. The quantitative estimate of drug-likeness (QED) is 0.811. The maximum Gasteiger partial charge on any atom is 0.224 e. The van der Waals surface area contributed by atoms with E-state index in [1.54, 1.807) is 6.20 Å². The van der Waals surface area contributed by atoms with Crippen molar-refractivity contribution in [1.29, 1.82) is 0 Å². The van der Waals surface area contributed by atoms with E-state index in [-0.39, 0.29) is 5.60 Å². The molecule has 5 nitrogen and oxygen atoms in total. The van der Waals surface area contributed by atoms with Crippen LogP contribution in [0.4, 0.5) is 11.8 Å². The van der Waals surface area contributed by atoms with Gasteiger partial charge >= 0.3 is 0 Å². The summed E-state index contributed by atoms with van der Waals surface area (Å²) in [6.07, 6.45) is 5.92. The van der Waals surface area contributed by atoms with Crippen LogP contribution in [0.25, 0.3) is 0 Å². The highest BCUT2D eigenvalue weighted by Gasteiger charge is 2.34. The van der Waals surface area contributed by atoms with Gasteiger partial charge in [-0.3, -0.25) is 0 Å². The molecule has 1 aliphatic rings. The van der Waals surface area contributed by atoms with E-state index in [0.29, 0.717) is 12.0 Å². The fraction of sp³-hybridized carbons (Fsp3) is 0.733. The number of ether oxygens (including phenoxy) is 1. The van der Waals surface area contributed by atoms with Gasteiger partial charge in [0.15, 0.2) is 0 Å². The number of halogens is 1. The molecule has 21 heavy (non-hydrogen) atoms. The Morgan fingerprint density at radius 1 is 1.38 bits per heavy atom. The molecule has 2 N–H and O–H groups in total. The van der Waals surface area contributed by atoms with Crippen molar-refractivity contribution in [3.8, 4) is 0 Å². The predicted molar refractivity (Wildman–Crippen MR) is 89.8 cm³/mol. The molecule has 1 saturated heterocycles. The summed E-state index contributed by atoms with van der Waals surface area (Å²) < 4.78 is 6.93. The van der Waals surface area contributed by atoms with E-state index in [2.05, 4.69) is 50.4 Å². The van der Waals surface area contributed by atoms with Gasteiger partial charge in [0.25, 0.3) is 0 Å². The number of nitrogens with one attached hydrogen (secondary N) is 2. The maximum absolute atomic E-state index is 6.03. The third kappa shape index (κ3) is 4.07. The number of anilines is 2. The van der Waals surface area contributed by atoms with E-state index in [0.717, 1.165) is 49.1 Å². The number of aromatic nitrogens is 2. The highest BCUT2D eigenvalue weighted by Crippen LogP contribution is 2.33. The molecular formula is C15H25BrN4O. The van der Waals surface area contributed by atoms with Crippen LogP contribution < -0.4 is 10.6 Å². The Morgan fingerprint density at radius 3 is 2.81 bits per heavy atom. The smallest absolute Gasteiger partial charge is 0.224 e. The summed E-state index contributed by atoms with van der Waals surface area (Å²) in [6, 6.07) is 0.388. The second-order valence-electron chi connectivity index (χ2n) is 5.49. The maximum atomic E-state index is 6.03. The van der Waals surface area contributed by atoms with Gasteiger partial charge in [0.2, 0.25) is 5.95 Å². The van der Waals surface area contributed by atoms with Crippen molar-refractivity contribution in [1.82, 2.24) is 9.97 Å². The summed E-state index contributed by atoms with van der Waals surface area (Å²) in [5, 5.41) is 6.70. The molecule has 1 aliphatic heterocycles. The Bertz CT molecular complexity index is 465. The molecule has 0 amide bonds. The van der Waals surface area contributed by atoms with Gasteiger partial charge in [-0.25, -0.2) is 4.98 Å². The van der Waals surface area contributed by atoms with Gasteiger partial charge in [0.05, 0.1) is 10.1 Å². The minimum absolute atomic E-state index is 0.0138. The van der Waals surface area contributed by atoms with Crippen molar-refractivity contribution in [2.24, 2.45) is 0 Å². The van der Waals surface area contributed by atoms with E-state index < -0.39 is 0 Å². The molecule has 1 aromatic rings. The predicted octanol–water partition coefficient (Wildman–Crippen LogP) is 3.82. The number of nitrogens with zero attached hydrogens (tertiary/aromatic N) is 2. The van der Waals surface area contributed by atoms with Crippen molar-refractivity contribution in [3.05, 3.63) is 10.7 Å². The lowest BCUT2D eigenvalue weighted by atomic mass is 9.86. The summed E-state index contributed by atoms with van der Waals surface area (Å²) in [7, 11) is 0. The monoisotopic (exact) mass is 356 g/mol. The summed E-state index contributed by atoms with van der Waals surface area (Å²) in [6.45, 7) is 8.06. The van der Waals surface area contributed by atoms with Gasteiger partial charge in [-0.1, -0.05) is 13.8 Å². The lowest BCUT2D eigenvalue weighted by Gasteiger charge is -2.40. The Labute approximate surface area is 135 Å². The lowest BCUT2D eigenvalue weighted by Crippen LogP contribution is -2.43. The van der Waals surface area contributed by atoms with Crippen LogP contribution in [0, 0.1) is 0 Å². The van der Waals surface area contributed by atoms with Gasteiger partial charge < -0.3 is 15.4 Å². The van der Waals surface area contributed by atoms with Crippen molar-refractivity contribution in [2.45, 2.75) is 58.1 Å². The normalized spacial score (nSPS) is 21.0. The second kappa shape index (κ2) is 7.40. The average Bonchev–Trinajstić information content (AvgIpc) is 2.51. The molecule has 2 rings (SSSR count).